The van der Waals surface area contributed by atoms with Crippen LogP contribution in [0.4, 0.5) is 0 Å². The fourth-order valence-electron chi connectivity index (χ4n) is 7.10. The first-order valence-corrected chi connectivity index (χ1v) is 13.4. The maximum atomic E-state index is 13.3. The van der Waals surface area contributed by atoms with Crippen LogP contribution in [-0.2, 0) is 26.9 Å². The van der Waals surface area contributed by atoms with Crippen LogP contribution < -0.4 is 5.73 Å². The molecule has 2 aromatic carbocycles. The van der Waals surface area contributed by atoms with Gasteiger partial charge in [-0.3, -0.25) is 4.79 Å². The molecule has 186 valence electrons. The quantitative estimate of drug-likeness (QED) is 0.489. The lowest BCUT2D eigenvalue weighted by Crippen LogP contribution is -2.65. The molecule has 6 rings (SSSR count). The summed E-state index contributed by atoms with van der Waals surface area (Å²) in [7, 11) is -0.285. The van der Waals surface area contributed by atoms with E-state index in [4.69, 9.17) is 15.0 Å². The fourth-order valence-corrected chi connectivity index (χ4v) is 7.10. The third-order valence-electron chi connectivity index (χ3n) is 9.66. The Bertz CT molecular complexity index is 1030. The van der Waals surface area contributed by atoms with Gasteiger partial charge >= 0.3 is 7.12 Å². The van der Waals surface area contributed by atoms with Crippen molar-refractivity contribution in [1.82, 2.24) is 0 Å². The first-order valence-electron chi connectivity index (χ1n) is 13.4. The Hall–Kier alpha value is -1.95. The molecular weight excluding hydrogens is 433 g/mol. The number of nitrogens with two attached hydrogens (primary N) is 1. The summed E-state index contributed by atoms with van der Waals surface area (Å²) in [6, 6.07) is 20.0. The minimum atomic E-state index is -0.499. The van der Waals surface area contributed by atoms with Crippen molar-refractivity contribution in [3.05, 3.63) is 71.8 Å². The van der Waals surface area contributed by atoms with E-state index < -0.39 is 6.04 Å². The zero-order valence-electron chi connectivity index (χ0n) is 21.7. The molecule has 3 unspecified atom stereocenters. The predicted octanol–water partition coefficient (Wildman–Crippen LogP) is 5.49. The molecule has 1 saturated heterocycles. The molecule has 4 fully saturated rings. The highest BCUT2D eigenvalue weighted by molar-refractivity contribution is 6.47. The maximum Gasteiger partial charge on any atom is 0.461 e. The first kappa shape index (κ1) is 24.7. The van der Waals surface area contributed by atoms with Gasteiger partial charge in [0.25, 0.3) is 0 Å². The van der Waals surface area contributed by atoms with Gasteiger partial charge in [-0.1, -0.05) is 81.4 Å². The van der Waals surface area contributed by atoms with Gasteiger partial charge < -0.3 is 15.0 Å². The van der Waals surface area contributed by atoms with Crippen molar-refractivity contribution in [3.8, 4) is 0 Å². The molecule has 1 heterocycles. The summed E-state index contributed by atoms with van der Waals surface area (Å²) in [5, 5.41) is 0. The van der Waals surface area contributed by atoms with Gasteiger partial charge in [-0.25, -0.2) is 0 Å². The van der Waals surface area contributed by atoms with Gasteiger partial charge in [0.1, 0.15) is 5.78 Å². The minimum absolute atomic E-state index is 0.0887. The van der Waals surface area contributed by atoms with Crippen molar-refractivity contribution < 1.29 is 14.1 Å². The van der Waals surface area contributed by atoms with Crippen molar-refractivity contribution in [1.29, 1.82) is 0 Å². The second-order valence-electron chi connectivity index (χ2n) is 12.1. The molecule has 0 radical (unpaired) electrons. The van der Waals surface area contributed by atoms with E-state index in [1.807, 2.05) is 36.4 Å². The van der Waals surface area contributed by atoms with E-state index in [1.165, 1.54) is 12.0 Å². The second-order valence-corrected chi connectivity index (χ2v) is 12.1. The number of Topliss-reactive ketones (excluding diaryl/α,β-unsaturated/α-hetero) is 1. The second kappa shape index (κ2) is 9.50. The number of ketones is 1. The standard InChI is InChI=1S/C30H40BNO3/c1-20(31-34-28-19-24-18-27(29(24,2)3)30(28,4)35-31)23(15-21-11-7-5-8-12-21)17-26(33)25(32)16-22-13-9-6-10-14-22/h5-14,20,23-25,27-28H,15-19,32H2,1-4H3/t20-,23+,24?,25+,27?,28?,30-/m1/s1. The van der Waals surface area contributed by atoms with Crippen LogP contribution in [0.1, 0.15) is 58.1 Å². The topological polar surface area (TPSA) is 61.5 Å². The van der Waals surface area contributed by atoms with Gasteiger partial charge in [-0.2, -0.15) is 0 Å². The van der Waals surface area contributed by atoms with E-state index in [1.54, 1.807) is 0 Å². The zero-order chi connectivity index (χ0) is 24.8. The summed E-state index contributed by atoms with van der Waals surface area (Å²) >= 11 is 0. The monoisotopic (exact) mass is 473 g/mol. The molecular formula is C30H40BNO3. The summed E-state index contributed by atoms with van der Waals surface area (Å²) in [4.78, 5) is 13.3. The van der Waals surface area contributed by atoms with Crippen molar-refractivity contribution in [2.24, 2.45) is 28.9 Å². The van der Waals surface area contributed by atoms with E-state index in [0.717, 1.165) is 24.3 Å². The van der Waals surface area contributed by atoms with Crippen LogP contribution in [0.15, 0.2) is 60.7 Å². The SMILES string of the molecule is C[C@@H](B1OC2CC3CC(C3(C)C)[C@@]2(C)O1)[C@H](CC(=O)[C@@H](N)Cc1ccccc1)Cc1ccccc1. The minimum Gasteiger partial charge on any atom is -0.405 e. The van der Waals surface area contributed by atoms with Crippen molar-refractivity contribution in [2.75, 3.05) is 0 Å². The molecule has 3 aliphatic carbocycles. The van der Waals surface area contributed by atoms with E-state index in [9.17, 15) is 4.79 Å². The summed E-state index contributed by atoms with van der Waals surface area (Å²) in [6.45, 7) is 9.24. The Morgan fingerprint density at radius 3 is 2.20 bits per heavy atom. The Labute approximate surface area is 211 Å². The molecule has 2 bridgehead atoms. The van der Waals surface area contributed by atoms with Gasteiger partial charge in [0, 0.05) is 6.42 Å². The number of benzene rings is 2. The van der Waals surface area contributed by atoms with Crippen LogP contribution in [0.25, 0.3) is 0 Å². The van der Waals surface area contributed by atoms with Crippen LogP contribution in [0.3, 0.4) is 0 Å². The van der Waals surface area contributed by atoms with Crippen LogP contribution in [0.5, 0.6) is 0 Å². The molecule has 3 saturated carbocycles. The molecule has 5 heteroatoms. The molecule has 4 aliphatic rings. The molecule has 2 N–H and O–H groups in total. The molecule has 2 aromatic rings. The molecule has 7 atom stereocenters. The number of carbonyl (C=O) groups excluding carboxylic acids is 1. The van der Waals surface area contributed by atoms with Crippen molar-refractivity contribution in [3.63, 3.8) is 0 Å². The maximum absolute atomic E-state index is 13.3. The highest BCUT2D eigenvalue weighted by Gasteiger charge is 2.68. The summed E-state index contributed by atoms with van der Waals surface area (Å²) in [5.74, 6) is 1.56. The Morgan fingerprint density at radius 2 is 1.60 bits per heavy atom. The van der Waals surface area contributed by atoms with Crippen LogP contribution in [-0.4, -0.2) is 30.6 Å². The summed E-state index contributed by atoms with van der Waals surface area (Å²) in [6.07, 6.45) is 4.29. The van der Waals surface area contributed by atoms with Gasteiger partial charge in [-0.05, 0) is 72.7 Å². The molecule has 1 aliphatic heterocycles. The number of carbonyl (C=O) groups is 1. The van der Waals surface area contributed by atoms with Gasteiger partial charge in [-0.15, -0.1) is 0 Å². The van der Waals surface area contributed by atoms with E-state index in [2.05, 4.69) is 52.0 Å². The summed E-state index contributed by atoms with van der Waals surface area (Å²) < 4.78 is 13.4. The third-order valence-corrected chi connectivity index (χ3v) is 9.66. The average molecular weight is 473 g/mol. The van der Waals surface area contributed by atoms with Crippen LogP contribution >= 0.6 is 0 Å². The van der Waals surface area contributed by atoms with Crippen molar-refractivity contribution in [2.45, 2.75) is 83.4 Å². The third kappa shape index (κ3) is 4.63. The highest BCUT2D eigenvalue weighted by Crippen LogP contribution is 2.66. The molecule has 0 spiro atoms. The number of hydrogen-bond donors (Lipinski definition) is 1. The van der Waals surface area contributed by atoms with Gasteiger partial charge in [0.15, 0.2) is 0 Å². The summed E-state index contributed by atoms with van der Waals surface area (Å²) in [5.41, 5.74) is 8.82. The average Bonchev–Trinajstić information content (AvgIpc) is 3.21. The largest absolute Gasteiger partial charge is 0.461 e. The molecule has 4 nitrogen and oxygen atoms in total. The predicted molar refractivity (Wildman–Crippen MR) is 141 cm³/mol. The number of hydrogen-bond acceptors (Lipinski definition) is 4. The Morgan fingerprint density at radius 1 is 1.00 bits per heavy atom. The van der Waals surface area contributed by atoms with E-state index in [-0.39, 0.29) is 36.3 Å². The van der Waals surface area contributed by atoms with E-state index in [0.29, 0.717) is 24.2 Å². The molecule has 0 aromatic heterocycles. The van der Waals surface area contributed by atoms with E-state index >= 15 is 0 Å². The Balaban J connectivity index is 1.31. The van der Waals surface area contributed by atoms with Gasteiger partial charge in [0.05, 0.1) is 17.7 Å². The smallest absolute Gasteiger partial charge is 0.405 e. The lowest BCUT2D eigenvalue weighted by Gasteiger charge is -2.64. The number of rotatable bonds is 9. The zero-order valence-corrected chi connectivity index (χ0v) is 21.7. The van der Waals surface area contributed by atoms with Crippen molar-refractivity contribution >= 4 is 12.9 Å². The van der Waals surface area contributed by atoms with Gasteiger partial charge in [0.2, 0.25) is 0 Å². The van der Waals surface area contributed by atoms with Crippen LogP contribution in [0, 0.1) is 23.2 Å². The Kier molecular flexibility index (Phi) is 6.71. The normalized spacial score (nSPS) is 31.2. The van der Waals surface area contributed by atoms with Crippen LogP contribution in [0.2, 0.25) is 5.82 Å². The molecule has 0 amide bonds. The lowest BCUT2D eigenvalue weighted by molar-refractivity contribution is -0.199. The molecule has 35 heavy (non-hydrogen) atoms. The fraction of sp³-hybridized carbons (Fsp3) is 0.567. The lowest BCUT2D eigenvalue weighted by atomic mass is 9.43. The highest BCUT2D eigenvalue weighted by atomic mass is 16.7. The first-order chi connectivity index (χ1) is 16.7.